The highest BCUT2D eigenvalue weighted by Crippen LogP contribution is 2.41. The maximum atomic E-state index is 12.8. The number of carbonyl (C=O) groups excluding carboxylic acids is 7. The molecule has 0 saturated heterocycles. The highest BCUT2D eigenvalue weighted by atomic mass is 32.2. The highest BCUT2D eigenvalue weighted by molar-refractivity contribution is 8.00. The number of benzene rings is 12. The number of Topliss-reactive ketones (excluding diaryl/α,β-unsaturated/α-hetero) is 6. The minimum absolute atomic E-state index is 0.0123. The Labute approximate surface area is 878 Å². The van der Waals surface area contributed by atoms with E-state index in [0.717, 1.165) is 107 Å². The van der Waals surface area contributed by atoms with E-state index in [0.29, 0.717) is 107 Å². The number of methoxy groups -OCH3 is 9. The highest BCUT2D eigenvalue weighted by Gasteiger charge is 2.26. The molecule has 22 nitrogen and oxygen atoms in total. The molecule has 0 aliphatic carbocycles. The second-order valence-corrected chi connectivity index (χ2v) is 40.4. The number of hydrogen-bond donors (Lipinski definition) is 6. The van der Waals surface area contributed by atoms with Crippen molar-refractivity contribution in [2.75, 3.05) is 138 Å². The monoisotopic (exact) mass is 2080 g/mol. The molecule has 12 aromatic carbocycles. The van der Waals surface area contributed by atoms with Gasteiger partial charge in [0.2, 0.25) is 0 Å². The summed E-state index contributed by atoms with van der Waals surface area (Å²) >= 11 is 9.50. The van der Waals surface area contributed by atoms with Crippen LogP contribution < -0.4 is 33.2 Å². The van der Waals surface area contributed by atoms with Crippen molar-refractivity contribution in [2.24, 2.45) is 0 Å². The summed E-state index contributed by atoms with van der Waals surface area (Å²) in [6.45, 7) is 10.3. The lowest BCUT2D eigenvalue weighted by Gasteiger charge is -2.17. The van der Waals surface area contributed by atoms with E-state index in [1.165, 1.54) is 18.9 Å². The van der Waals surface area contributed by atoms with Crippen LogP contribution in [0.1, 0.15) is 198 Å². The van der Waals surface area contributed by atoms with Gasteiger partial charge in [0.05, 0.1) is 109 Å². The van der Waals surface area contributed by atoms with Crippen LogP contribution in [0.2, 0.25) is 0 Å². The Morgan fingerprint density at radius 3 is 0.676 bits per heavy atom. The van der Waals surface area contributed by atoms with Crippen molar-refractivity contribution in [3.63, 3.8) is 0 Å². The lowest BCUT2D eigenvalue weighted by atomic mass is 10.0. The van der Waals surface area contributed by atoms with Gasteiger partial charge in [-0.25, -0.2) is 4.79 Å². The zero-order valence-corrected chi connectivity index (χ0v) is 89.2. The minimum Gasteiger partial charge on any atom is -0.497 e. The number of esters is 1. The summed E-state index contributed by atoms with van der Waals surface area (Å²) in [6, 6.07) is 90.2. The lowest BCUT2D eigenvalue weighted by molar-refractivity contribution is 0.0599. The minimum atomic E-state index is -0.432. The zero-order chi connectivity index (χ0) is 105. The van der Waals surface area contributed by atoms with Gasteiger partial charge in [0.1, 0.15) is 46.0 Å². The first-order valence-corrected chi connectivity index (χ1v) is 53.3. The summed E-state index contributed by atoms with van der Waals surface area (Å²) < 4.78 is 46.1. The maximum Gasteiger partial charge on any atom is 0.337 e. The van der Waals surface area contributed by atoms with Gasteiger partial charge in [-0.1, -0.05) is 199 Å². The van der Waals surface area contributed by atoms with E-state index in [-0.39, 0.29) is 106 Å². The first-order chi connectivity index (χ1) is 70.2. The van der Waals surface area contributed by atoms with Gasteiger partial charge < -0.3 is 73.3 Å². The molecule has 0 radical (unpaired) electrons. The van der Waals surface area contributed by atoms with Crippen LogP contribution in [0.4, 0.5) is 0 Å². The third kappa shape index (κ3) is 42.2. The molecule has 6 N–H and O–H groups in total. The molecule has 0 amide bonds. The van der Waals surface area contributed by atoms with Gasteiger partial charge in [0.25, 0.3) is 0 Å². The number of aryl methyl sites for hydroxylation is 3. The maximum absolute atomic E-state index is 12.8. The first kappa shape index (κ1) is 120. The zero-order valence-electron chi connectivity index (χ0n) is 84.3. The second-order valence-electron chi connectivity index (χ2n) is 32.5. The van der Waals surface area contributed by atoms with Crippen LogP contribution >= 0.6 is 70.6 Å². The van der Waals surface area contributed by atoms with E-state index in [9.17, 15) is 38.7 Å². The normalized spacial score (nSPS) is 11.8. The topological polar surface area (TPSA) is 324 Å². The molecule has 0 aromatic heterocycles. The van der Waals surface area contributed by atoms with Crippen molar-refractivity contribution in [1.82, 2.24) is 0 Å². The van der Waals surface area contributed by atoms with E-state index in [4.69, 9.17) is 63.4 Å². The van der Waals surface area contributed by atoms with E-state index < -0.39 is 5.97 Å². The van der Waals surface area contributed by atoms with Gasteiger partial charge in [-0.15, -0.1) is 0 Å². The second kappa shape index (κ2) is 67.7. The quantitative estimate of drug-likeness (QED) is 0.0117. The van der Waals surface area contributed by atoms with Gasteiger partial charge in [-0.05, 0) is 169 Å². The SMILES string of the molecule is C=C(OC)c1cccc(C(=O)CC(SCCO)c2ccc(OC)cc2)c1.COC(=O)c1ccc(C(=O)CC(SCCO)c2ccc(OC)cc2)cc1.COc1ccc(C(CC(=O)c2ccc(C)cc2)SCCO)cc1.COc1ccc(C(CC(=O)c2cccc(C)c2)SCCO)cc1.COc1ccc(C(CC(=O)c2cccc(C)c2)SCCO)cc1.COc1ccc(C(CC(=O)c2cccc(OC)c2)SCCO)cc1. The molecule has 0 fully saturated rings. The molecule has 0 saturated carbocycles. The van der Waals surface area contributed by atoms with Crippen molar-refractivity contribution in [3.8, 4) is 40.2 Å². The first-order valence-electron chi connectivity index (χ1n) is 47.0. The lowest BCUT2D eigenvalue weighted by Crippen LogP contribution is -2.08. The summed E-state index contributed by atoms with van der Waals surface area (Å²) in [6.07, 6.45) is 2.26. The smallest absolute Gasteiger partial charge is 0.337 e. The summed E-state index contributed by atoms with van der Waals surface area (Å²) in [5.41, 5.74) is 14.8. The average Bonchev–Trinajstić information content (AvgIpc) is 0.881. The third-order valence-corrected chi connectivity index (χ3v) is 30.0. The van der Waals surface area contributed by atoms with Crippen molar-refractivity contribution in [3.05, 3.63) is 392 Å². The molecular formula is C117H134O22S6. The Morgan fingerprint density at radius 2 is 0.441 bits per heavy atom. The Bertz CT molecular complexity index is 5760. The van der Waals surface area contributed by atoms with E-state index in [2.05, 4.69) is 11.3 Å². The van der Waals surface area contributed by atoms with Crippen molar-refractivity contribution in [2.45, 2.75) is 90.8 Å². The molecule has 12 aromatic rings. The molecule has 145 heavy (non-hydrogen) atoms. The molecule has 0 aliphatic heterocycles. The fraction of sp³-hybridized carbons (Fsp3) is 0.308. The molecule has 28 heteroatoms. The number of carbonyl (C=O) groups is 7. The fourth-order valence-corrected chi connectivity index (χ4v) is 20.6. The Kier molecular flexibility index (Phi) is 56.1. The number of aliphatic hydroxyl groups is 6. The van der Waals surface area contributed by atoms with E-state index in [1.807, 2.05) is 263 Å². The number of rotatable bonds is 52. The van der Waals surface area contributed by atoms with Gasteiger partial charge in [0.15, 0.2) is 34.7 Å². The number of hydrogen-bond acceptors (Lipinski definition) is 28. The van der Waals surface area contributed by atoms with Gasteiger partial charge in [0, 0.05) is 143 Å². The van der Waals surface area contributed by atoms with E-state index in [1.54, 1.807) is 164 Å². The van der Waals surface area contributed by atoms with Crippen LogP contribution in [-0.4, -0.2) is 209 Å². The van der Waals surface area contributed by atoms with Gasteiger partial charge in [-0.3, -0.25) is 28.8 Å². The molecular weight excluding hydrogens is 1950 g/mol. The summed E-state index contributed by atoms with van der Waals surface area (Å²) in [4.78, 5) is 87.2. The van der Waals surface area contributed by atoms with Crippen LogP contribution in [0.25, 0.3) is 5.76 Å². The molecule has 6 unspecified atom stereocenters. The van der Waals surface area contributed by atoms with Crippen LogP contribution in [0.15, 0.2) is 298 Å². The van der Waals surface area contributed by atoms with Gasteiger partial charge >= 0.3 is 5.97 Å². The molecule has 0 aliphatic rings. The molecule has 0 bridgehead atoms. The number of ether oxygens (including phenoxy) is 9. The Hall–Kier alpha value is -11.9. The predicted molar refractivity (Wildman–Crippen MR) is 592 cm³/mol. The summed E-state index contributed by atoms with van der Waals surface area (Å²) in [7, 11) is 14.2. The third-order valence-electron chi connectivity index (χ3n) is 22.4. The number of ketones is 6. The van der Waals surface area contributed by atoms with Gasteiger partial charge in [-0.2, -0.15) is 70.6 Å². The largest absolute Gasteiger partial charge is 0.497 e. The molecule has 0 spiro atoms. The van der Waals surface area contributed by atoms with Crippen molar-refractivity contribution in [1.29, 1.82) is 0 Å². The van der Waals surface area contributed by atoms with E-state index >= 15 is 0 Å². The fourth-order valence-electron chi connectivity index (χ4n) is 14.5. The Balaban J connectivity index is 0.000000236. The van der Waals surface area contributed by atoms with Crippen LogP contribution in [0, 0.1) is 20.8 Å². The summed E-state index contributed by atoms with van der Waals surface area (Å²) in [5.74, 6) is 9.45. The van der Waals surface area contributed by atoms with Crippen molar-refractivity contribution >= 4 is 117 Å². The molecule has 6 atom stereocenters. The number of thioether (sulfide) groups is 6. The predicted octanol–water partition coefficient (Wildman–Crippen LogP) is 23.7. The van der Waals surface area contributed by atoms with Crippen LogP contribution in [-0.2, 0) is 9.47 Å². The standard InChI is InChI=1S/C21H24O4S.C20H22O5S.C19H22O4S.3C19H22O3S/c1-15(24-2)17-5-4-6-18(13-17)20(23)14-21(26-12-11-22)16-7-9-19(25-3)10-8-16;1-24-17-9-7-15(8-10-17)19(26-12-11-21)13-18(22)14-3-5-16(6-4-14)20(23)25-2;1-22-16-8-6-14(7-9-16)19(24-11-10-20)13-18(21)15-4-3-5-17(12-15)23-2;1-14-3-5-15(6-4-14)18(21)13-19(23-12-11-20)16-7-9-17(22-2)10-8-16;2*1-14-4-3-5-16(12-14)18(21)13-19(23-11-10-20)15-6-8-17(22-2)9-7-15/h4-10,13,21-22H,1,11-12,14H2,2-3H3;3-10,19,21H,11-13H2,1-2H3;3-9,12,19-20H,10-11,13H2,1-2H3;3-10,19-20H,11-13H2,1-2H3;2*3-9,12,19-20H,10-11,13H2,1-2H3. The van der Waals surface area contributed by atoms with Crippen molar-refractivity contribution < 1.29 is 107 Å². The Morgan fingerprint density at radius 1 is 0.228 bits per heavy atom. The van der Waals surface area contributed by atoms with Crippen LogP contribution in [0.3, 0.4) is 0 Å². The average molecular weight is 2080 g/mol. The molecule has 0 heterocycles. The number of aliphatic hydroxyl groups excluding tert-OH is 6. The molecule has 12 rings (SSSR count). The molecule has 770 valence electrons. The summed E-state index contributed by atoms with van der Waals surface area (Å²) in [5, 5.41) is 54.7. The van der Waals surface area contributed by atoms with Crippen LogP contribution in [0.5, 0.6) is 40.2 Å².